The van der Waals surface area contributed by atoms with Gasteiger partial charge in [-0.25, -0.2) is 0 Å². The Balaban J connectivity index is 1.52. The second-order valence-electron chi connectivity index (χ2n) is 3.38. The quantitative estimate of drug-likeness (QED) is 0.463. The Morgan fingerprint density at radius 3 is 2.62 bits per heavy atom. The van der Waals surface area contributed by atoms with Gasteiger partial charge in [-0.05, 0) is 19.3 Å². The molecule has 2 atom stereocenters. The second kappa shape index (κ2) is 4.17. The largest absolute Gasteiger partial charge is 0.362 e. The number of aldehydes is 1. The molecule has 0 aromatic carbocycles. The monoisotopic (exact) mass is 186 g/mol. The van der Waals surface area contributed by atoms with Crippen molar-refractivity contribution in [2.45, 2.75) is 37.8 Å². The third-order valence-corrected chi connectivity index (χ3v) is 2.38. The summed E-state index contributed by atoms with van der Waals surface area (Å²) in [6.07, 6.45) is 3.73. The first-order valence-electron chi connectivity index (χ1n) is 4.74. The Hall–Kier alpha value is -0.450. The first-order chi connectivity index (χ1) is 6.40. The minimum atomic E-state index is -0.134. The van der Waals surface area contributed by atoms with Crippen LogP contribution in [-0.4, -0.2) is 38.0 Å². The normalized spacial score (nSPS) is 33.5. The van der Waals surface area contributed by atoms with Crippen LogP contribution < -0.4 is 0 Å². The SMILES string of the molecule is O=CC1OC1CCCC1OCCO1. The van der Waals surface area contributed by atoms with Crippen molar-refractivity contribution in [1.29, 1.82) is 0 Å². The van der Waals surface area contributed by atoms with Gasteiger partial charge in [0.2, 0.25) is 0 Å². The van der Waals surface area contributed by atoms with Crippen LogP contribution in [0.2, 0.25) is 0 Å². The number of carbonyl (C=O) groups is 1. The standard InChI is InChI=1S/C9H14O4/c10-6-8-7(13-8)2-1-3-9-11-4-5-12-9/h6-9H,1-5H2. The Morgan fingerprint density at radius 2 is 2.00 bits per heavy atom. The average molecular weight is 186 g/mol. The van der Waals surface area contributed by atoms with Crippen LogP contribution >= 0.6 is 0 Å². The lowest BCUT2D eigenvalue weighted by molar-refractivity contribution is -0.108. The van der Waals surface area contributed by atoms with Gasteiger partial charge in [0.25, 0.3) is 0 Å². The van der Waals surface area contributed by atoms with Gasteiger partial charge in [0.1, 0.15) is 6.10 Å². The molecule has 0 amide bonds. The van der Waals surface area contributed by atoms with E-state index in [2.05, 4.69) is 0 Å². The Morgan fingerprint density at radius 1 is 1.23 bits per heavy atom. The lowest BCUT2D eigenvalue weighted by atomic mass is 10.1. The molecule has 2 rings (SSSR count). The van der Waals surface area contributed by atoms with E-state index in [1.165, 1.54) is 0 Å². The zero-order valence-electron chi connectivity index (χ0n) is 7.48. The molecule has 4 heteroatoms. The maximum Gasteiger partial charge on any atom is 0.157 e. The first kappa shape index (κ1) is 9.12. The van der Waals surface area contributed by atoms with Crippen molar-refractivity contribution in [2.24, 2.45) is 0 Å². The topological polar surface area (TPSA) is 48.1 Å². The zero-order chi connectivity index (χ0) is 9.10. The molecule has 0 aromatic rings. The van der Waals surface area contributed by atoms with Crippen molar-refractivity contribution in [2.75, 3.05) is 13.2 Å². The van der Waals surface area contributed by atoms with Crippen LogP contribution in [0.25, 0.3) is 0 Å². The number of hydrogen-bond donors (Lipinski definition) is 0. The summed E-state index contributed by atoms with van der Waals surface area (Å²) in [6, 6.07) is 0. The minimum absolute atomic E-state index is 0.0200. The Kier molecular flexibility index (Phi) is 2.93. The molecular formula is C9H14O4. The number of ether oxygens (including phenoxy) is 3. The molecule has 2 fully saturated rings. The Bertz CT molecular complexity index is 176. The van der Waals surface area contributed by atoms with E-state index < -0.39 is 0 Å². The summed E-state index contributed by atoms with van der Waals surface area (Å²) in [5.74, 6) is 0. The third-order valence-electron chi connectivity index (χ3n) is 2.38. The number of rotatable bonds is 5. The maximum absolute atomic E-state index is 10.2. The van der Waals surface area contributed by atoms with Crippen LogP contribution in [-0.2, 0) is 19.0 Å². The molecule has 13 heavy (non-hydrogen) atoms. The van der Waals surface area contributed by atoms with Crippen LogP contribution in [0.15, 0.2) is 0 Å². The molecule has 0 saturated carbocycles. The molecule has 0 spiro atoms. The number of epoxide rings is 1. The molecule has 2 heterocycles. The molecule has 0 aromatic heterocycles. The summed E-state index contributed by atoms with van der Waals surface area (Å²) in [6.45, 7) is 1.42. The lowest BCUT2D eigenvalue weighted by Crippen LogP contribution is -2.07. The number of hydrogen-bond acceptors (Lipinski definition) is 4. The van der Waals surface area contributed by atoms with Crippen molar-refractivity contribution in [3.05, 3.63) is 0 Å². The fourth-order valence-corrected chi connectivity index (χ4v) is 1.57. The highest BCUT2D eigenvalue weighted by Crippen LogP contribution is 2.26. The van der Waals surface area contributed by atoms with Gasteiger partial charge in [-0.3, -0.25) is 0 Å². The van der Waals surface area contributed by atoms with E-state index in [1.54, 1.807) is 0 Å². The summed E-state index contributed by atoms with van der Waals surface area (Å²) in [5.41, 5.74) is 0. The highest BCUT2D eigenvalue weighted by Gasteiger charge is 2.37. The van der Waals surface area contributed by atoms with Crippen molar-refractivity contribution < 1.29 is 19.0 Å². The number of carbonyl (C=O) groups excluding carboxylic acids is 1. The summed E-state index contributed by atoms with van der Waals surface area (Å²) >= 11 is 0. The molecule has 0 radical (unpaired) electrons. The van der Waals surface area contributed by atoms with Gasteiger partial charge in [-0.15, -0.1) is 0 Å². The first-order valence-corrected chi connectivity index (χ1v) is 4.74. The maximum atomic E-state index is 10.2. The van der Waals surface area contributed by atoms with Crippen LogP contribution in [0.3, 0.4) is 0 Å². The zero-order valence-corrected chi connectivity index (χ0v) is 7.48. The van der Waals surface area contributed by atoms with E-state index in [4.69, 9.17) is 14.2 Å². The fraction of sp³-hybridized carbons (Fsp3) is 0.889. The Labute approximate surface area is 77.1 Å². The van der Waals surface area contributed by atoms with Gasteiger partial charge in [0.15, 0.2) is 12.6 Å². The molecule has 2 aliphatic rings. The lowest BCUT2D eigenvalue weighted by Gasteiger charge is -2.06. The van der Waals surface area contributed by atoms with Crippen LogP contribution in [0.5, 0.6) is 0 Å². The van der Waals surface area contributed by atoms with Gasteiger partial charge in [0, 0.05) is 0 Å². The smallest absolute Gasteiger partial charge is 0.157 e. The minimum Gasteiger partial charge on any atom is -0.362 e. The second-order valence-corrected chi connectivity index (χ2v) is 3.38. The molecule has 2 unspecified atom stereocenters. The fourth-order valence-electron chi connectivity index (χ4n) is 1.57. The van der Waals surface area contributed by atoms with E-state index in [0.29, 0.717) is 13.2 Å². The molecule has 2 saturated heterocycles. The van der Waals surface area contributed by atoms with Crippen LogP contribution in [0.4, 0.5) is 0 Å². The van der Waals surface area contributed by atoms with Gasteiger partial charge < -0.3 is 19.0 Å². The molecule has 74 valence electrons. The van der Waals surface area contributed by atoms with Crippen LogP contribution in [0, 0.1) is 0 Å². The van der Waals surface area contributed by atoms with Crippen molar-refractivity contribution in [1.82, 2.24) is 0 Å². The summed E-state index contributed by atoms with van der Waals surface area (Å²) in [4.78, 5) is 10.2. The van der Waals surface area contributed by atoms with Crippen molar-refractivity contribution in [3.8, 4) is 0 Å². The van der Waals surface area contributed by atoms with Crippen molar-refractivity contribution in [3.63, 3.8) is 0 Å². The van der Waals surface area contributed by atoms with Gasteiger partial charge in [-0.2, -0.15) is 0 Å². The summed E-state index contributed by atoms with van der Waals surface area (Å²) in [7, 11) is 0. The molecule has 2 aliphatic heterocycles. The van der Waals surface area contributed by atoms with E-state index in [1.807, 2.05) is 0 Å². The predicted molar refractivity (Wildman–Crippen MR) is 44.3 cm³/mol. The van der Waals surface area contributed by atoms with E-state index in [-0.39, 0.29) is 18.5 Å². The average Bonchev–Trinajstić information content (AvgIpc) is 2.69. The van der Waals surface area contributed by atoms with E-state index in [0.717, 1.165) is 25.5 Å². The summed E-state index contributed by atoms with van der Waals surface area (Å²) in [5, 5.41) is 0. The molecule has 0 aliphatic carbocycles. The molecule has 0 N–H and O–H groups in total. The third kappa shape index (κ3) is 2.49. The van der Waals surface area contributed by atoms with Gasteiger partial charge >= 0.3 is 0 Å². The van der Waals surface area contributed by atoms with Crippen molar-refractivity contribution >= 4 is 6.29 Å². The molecular weight excluding hydrogens is 172 g/mol. The highest BCUT2D eigenvalue weighted by molar-refractivity contribution is 5.60. The van der Waals surface area contributed by atoms with Gasteiger partial charge in [0.05, 0.1) is 19.3 Å². The predicted octanol–water partition coefficient (Wildman–Crippen LogP) is 0.496. The molecule has 0 bridgehead atoms. The summed E-state index contributed by atoms with van der Waals surface area (Å²) < 4.78 is 15.6. The van der Waals surface area contributed by atoms with Gasteiger partial charge in [-0.1, -0.05) is 0 Å². The molecule has 4 nitrogen and oxygen atoms in total. The van der Waals surface area contributed by atoms with Crippen LogP contribution in [0.1, 0.15) is 19.3 Å². The van der Waals surface area contributed by atoms with E-state index in [9.17, 15) is 4.79 Å². The highest BCUT2D eigenvalue weighted by atomic mass is 16.7. The van der Waals surface area contributed by atoms with E-state index >= 15 is 0 Å².